The zero-order valence-electron chi connectivity index (χ0n) is 12.1. The third kappa shape index (κ3) is 3.71. The molecule has 0 aliphatic heterocycles. The molecule has 1 fully saturated rings. The lowest BCUT2D eigenvalue weighted by molar-refractivity contribution is -0.142. The van der Waals surface area contributed by atoms with Crippen LogP contribution >= 0.6 is 23.2 Å². The first-order chi connectivity index (χ1) is 10.4. The van der Waals surface area contributed by atoms with Crippen LogP contribution in [0.2, 0.25) is 10.0 Å². The fourth-order valence-corrected chi connectivity index (χ4v) is 3.76. The number of allylic oxidation sites excluding steroid dienone is 1. The zero-order valence-corrected chi connectivity index (χ0v) is 13.6. The number of halogens is 2. The van der Waals surface area contributed by atoms with E-state index in [4.69, 9.17) is 28.3 Å². The summed E-state index contributed by atoms with van der Waals surface area (Å²) >= 11 is 12.2. The third-order valence-corrected chi connectivity index (χ3v) is 4.83. The number of ketones is 1. The van der Waals surface area contributed by atoms with Gasteiger partial charge in [0.05, 0.1) is 6.42 Å². The minimum atomic E-state index is -0.932. The number of benzene rings is 1. The van der Waals surface area contributed by atoms with E-state index in [1.54, 1.807) is 18.2 Å². The van der Waals surface area contributed by atoms with Crippen LogP contribution in [0.5, 0.6) is 0 Å². The number of carbonyl (C=O) groups is 2. The van der Waals surface area contributed by atoms with Crippen molar-refractivity contribution in [3.8, 4) is 0 Å². The van der Waals surface area contributed by atoms with Crippen LogP contribution in [0.1, 0.15) is 37.2 Å². The second kappa shape index (κ2) is 7.30. The molecule has 2 rings (SSSR count). The van der Waals surface area contributed by atoms with Gasteiger partial charge in [-0.05, 0) is 30.5 Å². The Morgan fingerprint density at radius 2 is 2.14 bits per heavy atom. The van der Waals surface area contributed by atoms with Gasteiger partial charge in [0.1, 0.15) is 5.78 Å². The van der Waals surface area contributed by atoms with Crippen molar-refractivity contribution in [1.29, 1.82) is 0 Å². The average molecular weight is 341 g/mol. The quantitative estimate of drug-likeness (QED) is 0.788. The van der Waals surface area contributed by atoms with Gasteiger partial charge in [-0.15, -0.1) is 6.58 Å². The van der Waals surface area contributed by atoms with Gasteiger partial charge in [-0.25, -0.2) is 0 Å². The molecule has 1 aromatic carbocycles. The Hall–Kier alpha value is -1.32. The third-order valence-electron chi connectivity index (χ3n) is 4.27. The van der Waals surface area contributed by atoms with Gasteiger partial charge in [-0.2, -0.15) is 0 Å². The molecule has 1 aliphatic carbocycles. The van der Waals surface area contributed by atoms with E-state index in [1.807, 2.05) is 6.07 Å². The molecule has 5 heteroatoms. The summed E-state index contributed by atoms with van der Waals surface area (Å²) in [6.07, 6.45) is 3.82. The number of aliphatic carboxylic acids is 1. The Bertz CT molecular complexity index is 598. The lowest BCUT2D eigenvalue weighted by atomic mass is 9.71. The molecule has 22 heavy (non-hydrogen) atoms. The molecule has 0 aromatic heterocycles. The molecule has 0 spiro atoms. The normalized spacial score (nSPS) is 23.1. The molecule has 1 N–H and O–H groups in total. The Labute approximate surface area is 139 Å². The number of carbonyl (C=O) groups excluding carboxylic acids is 1. The first-order valence-electron chi connectivity index (χ1n) is 7.27. The highest BCUT2D eigenvalue weighted by Crippen LogP contribution is 2.40. The number of Topliss-reactive ketones (excluding diaryl/α,β-unsaturated/α-hetero) is 1. The van der Waals surface area contributed by atoms with Gasteiger partial charge in [-0.1, -0.05) is 41.8 Å². The first-order valence-corrected chi connectivity index (χ1v) is 8.02. The molecule has 0 radical (unpaired) electrons. The predicted octanol–water partition coefficient (Wildman–Crippen LogP) is 4.72. The molecule has 0 saturated heterocycles. The molecule has 1 aromatic rings. The molecule has 1 saturated carbocycles. The van der Waals surface area contributed by atoms with E-state index >= 15 is 0 Å². The van der Waals surface area contributed by atoms with Crippen molar-refractivity contribution in [2.24, 2.45) is 11.8 Å². The van der Waals surface area contributed by atoms with Gasteiger partial charge in [-0.3, -0.25) is 9.59 Å². The maximum Gasteiger partial charge on any atom is 0.304 e. The summed E-state index contributed by atoms with van der Waals surface area (Å²) in [5.41, 5.74) is 0.815. The van der Waals surface area contributed by atoms with Crippen LogP contribution in [0, 0.1) is 11.8 Å². The highest BCUT2D eigenvalue weighted by molar-refractivity contribution is 6.35. The molecular weight excluding hydrogens is 323 g/mol. The topological polar surface area (TPSA) is 54.4 Å². The Morgan fingerprint density at radius 1 is 1.41 bits per heavy atom. The number of carboxylic acids is 1. The first kappa shape index (κ1) is 17.0. The standard InChI is InChI=1S/C17H18Cl2O3/c1-2-12(13-7-6-11(18)9-15(13)19)14-5-3-4-10(17(14)22)8-16(20)21/h2,6-7,9-10,12,14H,1,3-5,8H2,(H,20,21). The van der Waals surface area contributed by atoms with Crippen LogP contribution in [0.25, 0.3) is 0 Å². The highest BCUT2D eigenvalue weighted by atomic mass is 35.5. The van der Waals surface area contributed by atoms with E-state index in [0.29, 0.717) is 16.5 Å². The fourth-order valence-electron chi connectivity index (χ4n) is 3.22. The Kier molecular flexibility index (Phi) is 5.65. The van der Waals surface area contributed by atoms with Gasteiger partial charge in [0.2, 0.25) is 0 Å². The molecule has 0 amide bonds. The fraction of sp³-hybridized carbons (Fsp3) is 0.412. The van der Waals surface area contributed by atoms with Gasteiger partial charge in [0, 0.05) is 27.8 Å². The summed E-state index contributed by atoms with van der Waals surface area (Å²) < 4.78 is 0. The van der Waals surface area contributed by atoms with Crippen molar-refractivity contribution in [2.45, 2.75) is 31.6 Å². The van der Waals surface area contributed by atoms with E-state index in [9.17, 15) is 9.59 Å². The number of carboxylic acid groups (broad SMARTS) is 1. The van der Waals surface area contributed by atoms with Gasteiger partial charge in [0.25, 0.3) is 0 Å². The summed E-state index contributed by atoms with van der Waals surface area (Å²) in [7, 11) is 0. The van der Waals surface area contributed by atoms with Crippen molar-refractivity contribution in [2.75, 3.05) is 0 Å². The van der Waals surface area contributed by atoms with Crippen LogP contribution in [0.3, 0.4) is 0 Å². The number of hydrogen-bond donors (Lipinski definition) is 1. The van der Waals surface area contributed by atoms with E-state index in [0.717, 1.165) is 18.4 Å². The summed E-state index contributed by atoms with van der Waals surface area (Å²) in [6.45, 7) is 3.84. The Balaban J connectivity index is 2.28. The second-order valence-corrected chi connectivity index (χ2v) is 6.51. The van der Waals surface area contributed by atoms with E-state index in [1.165, 1.54) is 0 Å². The second-order valence-electron chi connectivity index (χ2n) is 5.66. The molecule has 0 heterocycles. The predicted molar refractivity (Wildman–Crippen MR) is 87.5 cm³/mol. The molecule has 0 bridgehead atoms. The minimum Gasteiger partial charge on any atom is -0.481 e. The minimum absolute atomic E-state index is 0.00423. The smallest absolute Gasteiger partial charge is 0.304 e. The van der Waals surface area contributed by atoms with Crippen LogP contribution in [-0.4, -0.2) is 16.9 Å². The molecular formula is C17H18Cl2O3. The molecule has 3 atom stereocenters. The van der Waals surface area contributed by atoms with Crippen molar-refractivity contribution >= 4 is 35.0 Å². The average Bonchev–Trinajstić information content (AvgIpc) is 2.45. The van der Waals surface area contributed by atoms with Crippen molar-refractivity contribution in [3.05, 3.63) is 46.5 Å². The summed E-state index contributed by atoms with van der Waals surface area (Å²) in [5.74, 6) is -1.82. The lowest BCUT2D eigenvalue weighted by Gasteiger charge is -2.32. The van der Waals surface area contributed by atoms with Crippen LogP contribution in [-0.2, 0) is 9.59 Å². The van der Waals surface area contributed by atoms with E-state index in [-0.39, 0.29) is 24.0 Å². The summed E-state index contributed by atoms with van der Waals surface area (Å²) in [6, 6.07) is 5.20. The zero-order chi connectivity index (χ0) is 16.3. The van der Waals surface area contributed by atoms with Gasteiger partial charge in [0.15, 0.2) is 0 Å². The Morgan fingerprint density at radius 3 is 2.73 bits per heavy atom. The van der Waals surface area contributed by atoms with Gasteiger partial charge < -0.3 is 5.11 Å². The molecule has 118 valence electrons. The maximum absolute atomic E-state index is 12.6. The molecule has 1 aliphatic rings. The number of hydrogen-bond acceptors (Lipinski definition) is 2. The van der Waals surface area contributed by atoms with Crippen LogP contribution < -0.4 is 0 Å². The number of rotatable bonds is 5. The van der Waals surface area contributed by atoms with Crippen LogP contribution in [0.15, 0.2) is 30.9 Å². The molecule has 3 nitrogen and oxygen atoms in total. The van der Waals surface area contributed by atoms with E-state index in [2.05, 4.69) is 6.58 Å². The maximum atomic E-state index is 12.6. The largest absolute Gasteiger partial charge is 0.481 e. The SMILES string of the molecule is C=CC(c1ccc(Cl)cc1Cl)C1CCCC(CC(=O)O)C1=O. The summed E-state index contributed by atoms with van der Waals surface area (Å²) in [5, 5.41) is 9.99. The lowest BCUT2D eigenvalue weighted by Crippen LogP contribution is -2.33. The highest BCUT2D eigenvalue weighted by Gasteiger charge is 2.37. The van der Waals surface area contributed by atoms with Crippen molar-refractivity contribution < 1.29 is 14.7 Å². The monoisotopic (exact) mass is 340 g/mol. The molecule has 3 unspecified atom stereocenters. The summed E-state index contributed by atoms with van der Waals surface area (Å²) in [4.78, 5) is 23.5. The van der Waals surface area contributed by atoms with E-state index < -0.39 is 11.9 Å². The van der Waals surface area contributed by atoms with Crippen molar-refractivity contribution in [3.63, 3.8) is 0 Å². The van der Waals surface area contributed by atoms with Gasteiger partial charge >= 0.3 is 5.97 Å². The van der Waals surface area contributed by atoms with Crippen LogP contribution in [0.4, 0.5) is 0 Å². The van der Waals surface area contributed by atoms with Crippen molar-refractivity contribution in [1.82, 2.24) is 0 Å².